The molecule has 0 aromatic carbocycles. The largest absolute Gasteiger partial charge is 0.386 e. The molecule has 0 saturated carbocycles. The second kappa shape index (κ2) is 2.95. The van der Waals surface area contributed by atoms with Crippen LogP contribution in [-0.4, -0.2) is 4.62 Å². The molecule has 1 atom stereocenters. The van der Waals surface area contributed by atoms with E-state index in [0.717, 1.165) is 11.0 Å². The van der Waals surface area contributed by atoms with E-state index in [0.29, 0.717) is 0 Å². The Bertz CT molecular complexity index is 270. The first kappa shape index (κ1) is 7.31. The van der Waals surface area contributed by atoms with E-state index in [1.54, 1.807) is 11.3 Å². The highest BCUT2D eigenvalue weighted by atomic mass is 79.9. The number of hydrogen-bond acceptors (Lipinski definition) is 3. The summed E-state index contributed by atoms with van der Waals surface area (Å²) in [5.41, 5.74) is 0. The lowest BCUT2D eigenvalue weighted by Crippen LogP contribution is -1.92. The molecule has 1 aromatic rings. The van der Waals surface area contributed by atoms with Crippen LogP contribution in [0.3, 0.4) is 0 Å². The van der Waals surface area contributed by atoms with Gasteiger partial charge in [0.05, 0.1) is 0 Å². The standard InChI is InChI=1S/C7H6BrNOS/c8-7-4-5(10-9-7)6-2-1-3-11-6/h1-3,5H,4H2. The molecule has 0 fully saturated rings. The van der Waals surface area contributed by atoms with Crippen molar-refractivity contribution in [3.05, 3.63) is 22.4 Å². The first-order valence-electron chi connectivity index (χ1n) is 3.28. The highest BCUT2D eigenvalue weighted by Gasteiger charge is 2.21. The summed E-state index contributed by atoms with van der Waals surface area (Å²) in [6.45, 7) is 0. The number of rotatable bonds is 1. The molecule has 0 amide bonds. The fourth-order valence-electron chi connectivity index (χ4n) is 0.975. The quantitative estimate of drug-likeness (QED) is 0.729. The Morgan fingerprint density at radius 1 is 1.73 bits per heavy atom. The lowest BCUT2D eigenvalue weighted by molar-refractivity contribution is 0.0884. The summed E-state index contributed by atoms with van der Waals surface area (Å²) in [6, 6.07) is 4.09. The van der Waals surface area contributed by atoms with E-state index in [2.05, 4.69) is 27.2 Å². The third kappa shape index (κ3) is 1.46. The predicted molar refractivity (Wildman–Crippen MR) is 49.1 cm³/mol. The molecule has 1 aliphatic heterocycles. The molecule has 0 bridgehead atoms. The molecule has 0 aliphatic carbocycles. The zero-order valence-electron chi connectivity index (χ0n) is 5.66. The first-order valence-corrected chi connectivity index (χ1v) is 4.95. The molecular formula is C7H6BrNOS. The number of thiophene rings is 1. The van der Waals surface area contributed by atoms with Gasteiger partial charge in [-0.15, -0.1) is 11.3 Å². The lowest BCUT2D eigenvalue weighted by atomic mass is 10.2. The molecule has 0 saturated heterocycles. The maximum Gasteiger partial charge on any atom is 0.167 e. The Hall–Kier alpha value is -0.350. The highest BCUT2D eigenvalue weighted by molar-refractivity contribution is 9.18. The number of oxime groups is 1. The molecule has 0 spiro atoms. The third-order valence-electron chi connectivity index (χ3n) is 1.49. The zero-order chi connectivity index (χ0) is 7.68. The van der Waals surface area contributed by atoms with Gasteiger partial charge in [0.1, 0.15) is 4.62 Å². The molecule has 1 aromatic heterocycles. The second-order valence-electron chi connectivity index (χ2n) is 2.28. The van der Waals surface area contributed by atoms with Crippen molar-refractivity contribution in [2.45, 2.75) is 12.5 Å². The van der Waals surface area contributed by atoms with Gasteiger partial charge in [0, 0.05) is 11.3 Å². The van der Waals surface area contributed by atoms with Gasteiger partial charge in [0.25, 0.3) is 0 Å². The molecule has 2 nitrogen and oxygen atoms in total. The predicted octanol–water partition coefficient (Wildman–Crippen LogP) is 2.92. The van der Waals surface area contributed by atoms with Gasteiger partial charge in [-0.25, -0.2) is 0 Å². The minimum atomic E-state index is 0.143. The van der Waals surface area contributed by atoms with Crippen LogP contribution in [0.4, 0.5) is 0 Å². The van der Waals surface area contributed by atoms with Gasteiger partial charge < -0.3 is 4.84 Å². The average molecular weight is 232 g/mol. The average Bonchev–Trinajstić information content (AvgIpc) is 2.55. The van der Waals surface area contributed by atoms with Crippen molar-refractivity contribution in [3.63, 3.8) is 0 Å². The molecule has 11 heavy (non-hydrogen) atoms. The number of hydrogen-bond donors (Lipinski definition) is 0. The van der Waals surface area contributed by atoms with Crippen LogP contribution in [0, 0.1) is 0 Å². The molecule has 4 heteroatoms. The van der Waals surface area contributed by atoms with Crippen LogP contribution in [0.1, 0.15) is 17.4 Å². The SMILES string of the molecule is BrC1=NOC(c2cccs2)C1. The Morgan fingerprint density at radius 3 is 3.18 bits per heavy atom. The molecule has 0 radical (unpaired) electrons. The van der Waals surface area contributed by atoms with Crippen LogP contribution in [-0.2, 0) is 4.84 Å². The molecule has 58 valence electrons. The van der Waals surface area contributed by atoms with Crippen LogP contribution in [0.15, 0.2) is 22.7 Å². The van der Waals surface area contributed by atoms with Crippen LogP contribution in [0.5, 0.6) is 0 Å². The van der Waals surface area contributed by atoms with Crippen LogP contribution in [0.25, 0.3) is 0 Å². The maximum atomic E-state index is 5.16. The van der Waals surface area contributed by atoms with Crippen molar-refractivity contribution in [1.82, 2.24) is 0 Å². The number of halogens is 1. The Kier molecular flexibility index (Phi) is 1.96. The molecule has 2 rings (SSSR count). The van der Waals surface area contributed by atoms with Gasteiger partial charge in [0.2, 0.25) is 0 Å². The maximum absolute atomic E-state index is 5.16. The van der Waals surface area contributed by atoms with Gasteiger partial charge in [-0.3, -0.25) is 0 Å². The summed E-state index contributed by atoms with van der Waals surface area (Å²) in [5, 5.41) is 5.86. The fourth-order valence-corrected chi connectivity index (χ4v) is 2.10. The smallest absolute Gasteiger partial charge is 0.167 e. The molecule has 0 N–H and O–H groups in total. The van der Waals surface area contributed by atoms with E-state index < -0.39 is 0 Å². The van der Waals surface area contributed by atoms with E-state index in [4.69, 9.17) is 4.84 Å². The molecular weight excluding hydrogens is 226 g/mol. The van der Waals surface area contributed by atoms with Crippen molar-refractivity contribution in [2.75, 3.05) is 0 Å². The van der Waals surface area contributed by atoms with Crippen molar-refractivity contribution < 1.29 is 4.84 Å². The minimum Gasteiger partial charge on any atom is -0.386 e. The summed E-state index contributed by atoms with van der Waals surface area (Å²) in [7, 11) is 0. The van der Waals surface area contributed by atoms with Crippen molar-refractivity contribution >= 4 is 31.9 Å². The first-order chi connectivity index (χ1) is 5.36. The van der Waals surface area contributed by atoms with E-state index >= 15 is 0 Å². The van der Waals surface area contributed by atoms with Crippen LogP contribution in [0.2, 0.25) is 0 Å². The lowest BCUT2D eigenvalue weighted by Gasteiger charge is -2.02. The summed E-state index contributed by atoms with van der Waals surface area (Å²) >= 11 is 5.00. The van der Waals surface area contributed by atoms with Gasteiger partial charge in [-0.1, -0.05) is 11.2 Å². The van der Waals surface area contributed by atoms with Gasteiger partial charge >= 0.3 is 0 Å². The van der Waals surface area contributed by atoms with Crippen LogP contribution >= 0.6 is 27.3 Å². The van der Waals surface area contributed by atoms with Crippen molar-refractivity contribution in [1.29, 1.82) is 0 Å². The Morgan fingerprint density at radius 2 is 2.64 bits per heavy atom. The Balaban J connectivity index is 2.11. The Labute approximate surface area is 77.0 Å². The van der Waals surface area contributed by atoms with Gasteiger partial charge in [-0.2, -0.15) is 0 Å². The van der Waals surface area contributed by atoms with E-state index in [1.165, 1.54) is 4.88 Å². The highest BCUT2D eigenvalue weighted by Crippen LogP contribution is 2.31. The van der Waals surface area contributed by atoms with E-state index in [9.17, 15) is 0 Å². The summed E-state index contributed by atoms with van der Waals surface area (Å²) in [6.07, 6.45) is 1.00. The van der Waals surface area contributed by atoms with Crippen molar-refractivity contribution in [3.8, 4) is 0 Å². The molecule has 2 heterocycles. The fraction of sp³-hybridized carbons (Fsp3) is 0.286. The molecule has 1 unspecified atom stereocenters. The van der Waals surface area contributed by atoms with E-state index in [-0.39, 0.29) is 6.10 Å². The van der Waals surface area contributed by atoms with E-state index in [1.807, 2.05) is 11.4 Å². The van der Waals surface area contributed by atoms with Crippen LogP contribution < -0.4 is 0 Å². The zero-order valence-corrected chi connectivity index (χ0v) is 8.06. The number of nitrogens with zero attached hydrogens (tertiary/aromatic N) is 1. The summed E-state index contributed by atoms with van der Waals surface area (Å²) < 4.78 is 0.899. The summed E-state index contributed by atoms with van der Waals surface area (Å²) in [4.78, 5) is 6.40. The summed E-state index contributed by atoms with van der Waals surface area (Å²) in [5.74, 6) is 0. The second-order valence-corrected chi connectivity index (χ2v) is 4.18. The van der Waals surface area contributed by atoms with Gasteiger partial charge in [-0.05, 0) is 27.4 Å². The minimum absolute atomic E-state index is 0.143. The molecule has 1 aliphatic rings. The van der Waals surface area contributed by atoms with Crippen molar-refractivity contribution in [2.24, 2.45) is 5.16 Å². The van der Waals surface area contributed by atoms with Gasteiger partial charge in [0.15, 0.2) is 6.10 Å². The normalized spacial score (nSPS) is 23.0. The third-order valence-corrected chi connectivity index (χ3v) is 2.93. The topological polar surface area (TPSA) is 21.6 Å². The monoisotopic (exact) mass is 231 g/mol.